The lowest BCUT2D eigenvalue weighted by Gasteiger charge is -2.06. The van der Waals surface area contributed by atoms with Crippen LogP contribution in [-0.2, 0) is 16.4 Å². The number of nitrogens with one attached hydrogen (secondary N) is 2. The van der Waals surface area contributed by atoms with Gasteiger partial charge >= 0.3 is 0 Å². The van der Waals surface area contributed by atoms with Crippen molar-refractivity contribution in [3.8, 4) is 0 Å². The lowest BCUT2D eigenvalue weighted by atomic mass is 10.3. The van der Waals surface area contributed by atoms with Crippen LogP contribution in [0.25, 0.3) is 0 Å². The summed E-state index contributed by atoms with van der Waals surface area (Å²) >= 11 is 0. The highest BCUT2D eigenvalue weighted by atomic mass is 32.2. The zero-order valence-electron chi connectivity index (χ0n) is 10.3. The molecule has 0 saturated carbocycles. The Labute approximate surface area is 112 Å². The quantitative estimate of drug-likeness (QED) is 0.540. The monoisotopic (exact) mass is 280 g/mol. The minimum Gasteiger partial charge on any atom is -0.399 e. The van der Waals surface area contributed by atoms with Crippen LogP contribution in [0, 0.1) is 0 Å². The third-order valence-electron chi connectivity index (χ3n) is 2.61. The molecule has 0 aliphatic rings. The Kier molecular flexibility index (Phi) is 4.18. The fraction of sp³-hybridized carbons (Fsp3) is 0.250. The summed E-state index contributed by atoms with van der Waals surface area (Å²) in [5.41, 5.74) is 6.00. The van der Waals surface area contributed by atoms with E-state index in [2.05, 4.69) is 14.7 Å². The molecule has 6 nitrogen and oxygen atoms in total. The second kappa shape index (κ2) is 5.85. The molecule has 1 aromatic carbocycles. The number of aromatic amines is 1. The molecule has 0 aliphatic heterocycles. The number of hydrogen-bond acceptors (Lipinski definition) is 4. The molecule has 0 aliphatic carbocycles. The molecule has 2 aromatic rings. The third-order valence-corrected chi connectivity index (χ3v) is 4.06. The Hall–Kier alpha value is -1.86. The second-order valence-electron chi connectivity index (χ2n) is 4.11. The van der Waals surface area contributed by atoms with E-state index in [9.17, 15) is 8.42 Å². The van der Waals surface area contributed by atoms with Gasteiger partial charge in [0.15, 0.2) is 0 Å². The molecular weight excluding hydrogens is 264 g/mol. The number of nitrogens with zero attached hydrogens (tertiary/aromatic N) is 1. The lowest BCUT2D eigenvalue weighted by Crippen LogP contribution is -2.25. The molecule has 0 saturated heterocycles. The van der Waals surface area contributed by atoms with Crippen LogP contribution >= 0.6 is 0 Å². The standard InChI is InChI=1S/C12H16N4O2S/c13-10-3-1-4-11(9-10)19(17,18)16-6-2-5-12-14-7-8-15-12/h1,3-4,7-9,16H,2,5-6,13H2,(H,14,15). The summed E-state index contributed by atoms with van der Waals surface area (Å²) in [5.74, 6) is 0.850. The number of aryl methyl sites for hydroxylation is 1. The van der Waals surface area contributed by atoms with Crippen molar-refractivity contribution in [3.63, 3.8) is 0 Å². The SMILES string of the molecule is Nc1cccc(S(=O)(=O)NCCCc2ncc[nH]2)c1. The first-order valence-corrected chi connectivity index (χ1v) is 7.40. The highest BCUT2D eigenvalue weighted by Crippen LogP contribution is 2.12. The zero-order chi connectivity index (χ0) is 13.7. The predicted molar refractivity (Wildman–Crippen MR) is 73.0 cm³/mol. The van der Waals surface area contributed by atoms with Crippen molar-refractivity contribution in [1.82, 2.24) is 14.7 Å². The predicted octanol–water partition coefficient (Wildman–Crippen LogP) is 0.903. The minimum absolute atomic E-state index is 0.186. The van der Waals surface area contributed by atoms with Gasteiger partial charge in [0.05, 0.1) is 4.90 Å². The number of hydrogen-bond donors (Lipinski definition) is 3. The van der Waals surface area contributed by atoms with Crippen LogP contribution in [0.5, 0.6) is 0 Å². The average Bonchev–Trinajstić information content (AvgIpc) is 2.88. The van der Waals surface area contributed by atoms with E-state index < -0.39 is 10.0 Å². The van der Waals surface area contributed by atoms with Gasteiger partial charge in [0.1, 0.15) is 5.82 Å². The van der Waals surface area contributed by atoms with Gasteiger partial charge < -0.3 is 10.7 Å². The molecule has 0 radical (unpaired) electrons. The van der Waals surface area contributed by atoms with Crippen molar-refractivity contribution in [1.29, 1.82) is 0 Å². The maximum atomic E-state index is 12.0. The first-order chi connectivity index (χ1) is 9.08. The average molecular weight is 280 g/mol. The first kappa shape index (κ1) is 13.6. The molecule has 0 unspecified atom stereocenters. The van der Waals surface area contributed by atoms with Crippen LogP contribution in [-0.4, -0.2) is 24.9 Å². The highest BCUT2D eigenvalue weighted by Gasteiger charge is 2.13. The first-order valence-electron chi connectivity index (χ1n) is 5.91. The van der Waals surface area contributed by atoms with Gasteiger partial charge in [0.25, 0.3) is 0 Å². The van der Waals surface area contributed by atoms with Gasteiger partial charge in [-0.2, -0.15) is 0 Å². The van der Waals surface area contributed by atoms with Crippen molar-refractivity contribution < 1.29 is 8.42 Å². The van der Waals surface area contributed by atoms with Crippen LogP contribution in [0.4, 0.5) is 5.69 Å². The molecule has 1 aromatic heterocycles. The summed E-state index contributed by atoms with van der Waals surface area (Å²) in [6.45, 7) is 0.359. The molecule has 102 valence electrons. The van der Waals surface area contributed by atoms with Gasteiger partial charge in [-0.3, -0.25) is 0 Å². The topological polar surface area (TPSA) is 101 Å². The van der Waals surface area contributed by atoms with Gasteiger partial charge in [-0.25, -0.2) is 18.1 Å². The summed E-state index contributed by atoms with van der Waals surface area (Å²) in [4.78, 5) is 7.23. The fourth-order valence-corrected chi connectivity index (χ4v) is 2.79. The molecular formula is C12H16N4O2S. The van der Waals surface area contributed by atoms with Gasteiger partial charge in [-0.15, -0.1) is 0 Å². The highest BCUT2D eigenvalue weighted by molar-refractivity contribution is 7.89. The van der Waals surface area contributed by atoms with Crippen molar-refractivity contribution in [3.05, 3.63) is 42.5 Å². The number of nitrogen functional groups attached to an aromatic ring is 1. The summed E-state index contributed by atoms with van der Waals surface area (Å²) in [7, 11) is -3.48. The molecule has 0 fully saturated rings. The molecule has 7 heteroatoms. The van der Waals surface area contributed by atoms with E-state index in [1.807, 2.05) is 0 Å². The molecule has 4 N–H and O–H groups in total. The van der Waals surface area contributed by atoms with Crippen LogP contribution in [0.15, 0.2) is 41.6 Å². The Balaban J connectivity index is 1.88. The van der Waals surface area contributed by atoms with E-state index in [0.717, 1.165) is 5.82 Å². The number of aromatic nitrogens is 2. The van der Waals surface area contributed by atoms with Gasteiger partial charge in [-0.1, -0.05) is 6.07 Å². The molecule has 1 heterocycles. The zero-order valence-corrected chi connectivity index (χ0v) is 11.2. The normalized spacial score (nSPS) is 11.6. The molecule has 0 atom stereocenters. The number of sulfonamides is 1. The molecule has 19 heavy (non-hydrogen) atoms. The van der Waals surface area contributed by atoms with Crippen LogP contribution in [0.2, 0.25) is 0 Å². The molecule has 2 rings (SSSR count). The van der Waals surface area contributed by atoms with E-state index in [1.165, 1.54) is 12.1 Å². The van der Waals surface area contributed by atoms with Gasteiger partial charge in [0, 0.05) is 31.0 Å². The Morgan fingerprint density at radius 3 is 2.89 bits per heavy atom. The molecule has 0 amide bonds. The summed E-state index contributed by atoms with van der Waals surface area (Å²) < 4.78 is 26.5. The van der Waals surface area contributed by atoms with E-state index in [0.29, 0.717) is 25.1 Å². The summed E-state index contributed by atoms with van der Waals surface area (Å²) in [6, 6.07) is 6.22. The van der Waals surface area contributed by atoms with Crippen molar-refractivity contribution in [2.45, 2.75) is 17.7 Å². The van der Waals surface area contributed by atoms with E-state index >= 15 is 0 Å². The smallest absolute Gasteiger partial charge is 0.240 e. The van der Waals surface area contributed by atoms with Crippen LogP contribution in [0.1, 0.15) is 12.2 Å². The molecule has 0 bridgehead atoms. The van der Waals surface area contributed by atoms with E-state index in [-0.39, 0.29) is 4.90 Å². The van der Waals surface area contributed by atoms with Gasteiger partial charge in [0.2, 0.25) is 10.0 Å². The number of benzene rings is 1. The Bertz CT molecular complexity index is 623. The third kappa shape index (κ3) is 3.80. The Morgan fingerprint density at radius 2 is 2.21 bits per heavy atom. The van der Waals surface area contributed by atoms with E-state index in [1.54, 1.807) is 24.5 Å². The lowest BCUT2D eigenvalue weighted by molar-refractivity contribution is 0.578. The number of imidazole rings is 1. The van der Waals surface area contributed by atoms with Crippen molar-refractivity contribution in [2.75, 3.05) is 12.3 Å². The largest absolute Gasteiger partial charge is 0.399 e. The number of H-pyrrole nitrogens is 1. The fourth-order valence-electron chi connectivity index (χ4n) is 1.66. The maximum Gasteiger partial charge on any atom is 0.240 e. The summed E-state index contributed by atoms with van der Waals surface area (Å²) in [6.07, 6.45) is 4.79. The number of anilines is 1. The maximum absolute atomic E-state index is 12.0. The minimum atomic E-state index is -3.48. The number of nitrogens with two attached hydrogens (primary N) is 1. The van der Waals surface area contributed by atoms with Crippen molar-refractivity contribution >= 4 is 15.7 Å². The van der Waals surface area contributed by atoms with Crippen LogP contribution < -0.4 is 10.5 Å². The van der Waals surface area contributed by atoms with E-state index in [4.69, 9.17) is 5.73 Å². The van der Waals surface area contributed by atoms with Crippen LogP contribution in [0.3, 0.4) is 0 Å². The van der Waals surface area contributed by atoms with Gasteiger partial charge in [-0.05, 0) is 24.6 Å². The summed E-state index contributed by atoms with van der Waals surface area (Å²) in [5, 5.41) is 0. The van der Waals surface area contributed by atoms with Crippen molar-refractivity contribution in [2.24, 2.45) is 0 Å². The Morgan fingerprint density at radius 1 is 1.37 bits per heavy atom. The molecule has 0 spiro atoms. The second-order valence-corrected chi connectivity index (χ2v) is 5.88. The number of rotatable bonds is 6.